The standard InChI is InChI=1S/C18H18O.C9H13.C3H6.Ti/c1-15(2)13-17(16-9-5-3-6-10-16)14-19-18-11-7-4-8-12-18;1-9(2,3)8-6-4-5-7-8;1-3-2;/h3-14H,1-2H3;6-7H,4H2,1-3H3;1-2H3;. The van der Waals surface area contributed by atoms with E-state index in [0.717, 1.165) is 16.9 Å². The molecule has 0 atom stereocenters. The number of benzene rings is 2. The predicted octanol–water partition coefficient (Wildman–Crippen LogP) is 8.61. The monoisotopic (exact) mass is 461 g/mol. The van der Waals surface area contributed by atoms with Crippen molar-refractivity contribution in [1.29, 1.82) is 0 Å². The van der Waals surface area contributed by atoms with Gasteiger partial charge < -0.3 is 4.74 Å². The molecule has 0 saturated heterocycles. The van der Waals surface area contributed by atoms with Crippen molar-refractivity contribution >= 4 is 9.38 Å². The molecule has 2 heteroatoms. The summed E-state index contributed by atoms with van der Waals surface area (Å²) in [5, 5.41) is 0. The first-order valence-corrected chi connectivity index (χ1v) is 12.8. The zero-order chi connectivity index (χ0) is 23.6. The summed E-state index contributed by atoms with van der Waals surface area (Å²) in [6.45, 7) is 15.6. The molecule has 1 aliphatic rings. The number of rotatable bonds is 5. The third-order valence-electron chi connectivity index (χ3n) is 4.76. The Labute approximate surface area is 204 Å². The second-order valence-electron chi connectivity index (χ2n) is 9.50. The van der Waals surface area contributed by atoms with E-state index < -0.39 is 0 Å². The van der Waals surface area contributed by atoms with Gasteiger partial charge in [-0.05, 0) is 31.5 Å². The van der Waals surface area contributed by atoms with E-state index in [1.807, 2.05) is 48.5 Å². The van der Waals surface area contributed by atoms with Gasteiger partial charge >= 0.3 is 90.6 Å². The molecule has 0 heterocycles. The maximum atomic E-state index is 5.72. The Morgan fingerprint density at radius 1 is 0.875 bits per heavy atom. The Kier molecular flexibility index (Phi) is 10.4. The molecule has 0 aliphatic heterocycles. The average Bonchev–Trinajstić information content (AvgIpc) is 3.21. The molecular formula is C30H37OTi. The summed E-state index contributed by atoms with van der Waals surface area (Å²) in [4.78, 5) is 0. The van der Waals surface area contributed by atoms with Gasteiger partial charge in [0.2, 0.25) is 0 Å². The molecule has 32 heavy (non-hydrogen) atoms. The van der Waals surface area contributed by atoms with Crippen LogP contribution in [0.1, 0.15) is 60.5 Å². The summed E-state index contributed by atoms with van der Waals surface area (Å²) in [6.07, 6.45) is 9.99. The van der Waals surface area contributed by atoms with Crippen LogP contribution in [0, 0.1) is 5.41 Å². The van der Waals surface area contributed by atoms with Crippen LogP contribution in [0.15, 0.2) is 100 Å². The first kappa shape index (κ1) is 26.0. The van der Waals surface area contributed by atoms with Crippen molar-refractivity contribution in [3.63, 3.8) is 0 Å². The minimum absolute atomic E-state index is 0.0803. The molecule has 167 valence electrons. The van der Waals surface area contributed by atoms with Crippen molar-refractivity contribution < 1.29 is 23.4 Å². The predicted molar refractivity (Wildman–Crippen MR) is 138 cm³/mol. The van der Waals surface area contributed by atoms with E-state index in [4.69, 9.17) is 4.74 Å². The first-order valence-electron chi connectivity index (χ1n) is 11.3. The van der Waals surface area contributed by atoms with Gasteiger partial charge in [0.05, 0.1) is 6.26 Å². The first-order chi connectivity index (χ1) is 15.1. The van der Waals surface area contributed by atoms with Crippen LogP contribution in [0.4, 0.5) is 0 Å². The normalized spacial score (nSPS) is 13.2. The third-order valence-corrected chi connectivity index (χ3v) is 6.59. The van der Waals surface area contributed by atoms with Crippen LogP contribution in [0.25, 0.3) is 5.57 Å². The summed E-state index contributed by atoms with van der Waals surface area (Å²) in [6, 6.07) is 20.0. The molecule has 0 amide bonds. The van der Waals surface area contributed by atoms with Crippen LogP contribution in [-0.2, 0) is 18.7 Å². The van der Waals surface area contributed by atoms with E-state index >= 15 is 0 Å². The van der Waals surface area contributed by atoms with Gasteiger partial charge in [-0.25, -0.2) is 0 Å². The van der Waals surface area contributed by atoms with E-state index in [1.54, 1.807) is 14.0 Å². The quantitative estimate of drug-likeness (QED) is 0.246. The van der Waals surface area contributed by atoms with Crippen LogP contribution < -0.4 is 4.74 Å². The van der Waals surface area contributed by atoms with Gasteiger partial charge in [-0.3, -0.25) is 0 Å². The summed E-state index contributed by atoms with van der Waals surface area (Å²) >= 11 is 0.0803. The molecular weight excluding hydrogens is 424 g/mol. The summed E-state index contributed by atoms with van der Waals surface area (Å²) in [5.41, 5.74) is 5.35. The molecule has 0 unspecified atom stereocenters. The fraction of sp³-hybridized carbons (Fsp3) is 0.300. The van der Waals surface area contributed by atoms with Gasteiger partial charge in [-0.2, -0.15) is 0 Å². The van der Waals surface area contributed by atoms with Gasteiger partial charge in [0, 0.05) is 5.57 Å². The Morgan fingerprint density at radius 2 is 1.47 bits per heavy atom. The molecule has 1 aliphatic carbocycles. The van der Waals surface area contributed by atoms with Crippen LogP contribution in [-0.4, -0.2) is 3.81 Å². The van der Waals surface area contributed by atoms with Gasteiger partial charge in [0.15, 0.2) is 0 Å². The van der Waals surface area contributed by atoms with E-state index in [9.17, 15) is 0 Å². The zero-order valence-electron chi connectivity index (χ0n) is 20.7. The molecule has 2 aromatic rings. The van der Waals surface area contributed by atoms with Crippen LogP contribution in [0.5, 0.6) is 5.75 Å². The topological polar surface area (TPSA) is 9.23 Å². The number of allylic oxidation sites excluding steroid dienone is 7. The summed E-state index contributed by atoms with van der Waals surface area (Å²) in [7, 11) is 0. The van der Waals surface area contributed by atoms with Crippen molar-refractivity contribution in [2.24, 2.45) is 5.41 Å². The minimum atomic E-state index is 0.0803. The van der Waals surface area contributed by atoms with Crippen molar-refractivity contribution in [3.8, 4) is 5.75 Å². The Hall–Kier alpha value is -2.22. The van der Waals surface area contributed by atoms with Gasteiger partial charge in [0.25, 0.3) is 0 Å². The van der Waals surface area contributed by atoms with Crippen molar-refractivity contribution in [1.82, 2.24) is 0 Å². The molecule has 0 spiro atoms. The van der Waals surface area contributed by atoms with E-state index in [-0.39, 0.29) is 18.7 Å². The fourth-order valence-electron chi connectivity index (χ4n) is 3.21. The molecule has 1 nitrogen and oxygen atoms in total. The molecule has 0 saturated carbocycles. The van der Waals surface area contributed by atoms with Crippen molar-refractivity contribution in [2.45, 2.75) is 54.9 Å². The number of para-hydroxylation sites is 1. The molecule has 2 aromatic carbocycles. The molecule has 0 N–H and O–H groups in total. The molecule has 0 radical (unpaired) electrons. The SMILES string of the molecule is CC(C)=CC(=COc1ccccc1)c1ccccc1.C[C](C)=[Ti][C]1=CC(C(C)(C)C)=CC1. The van der Waals surface area contributed by atoms with Crippen LogP contribution in [0.2, 0.25) is 0 Å². The second kappa shape index (κ2) is 12.7. The van der Waals surface area contributed by atoms with E-state index in [2.05, 4.69) is 78.8 Å². The van der Waals surface area contributed by atoms with E-state index in [1.165, 1.54) is 17.6 Å². The van der Waals surface area contributed by atoms with Gasteiger partial charge in [-0.15, -0.1) is 0 Å². The molecule has 0 bridgehead atoms. The third kappa shape index (κ3) is 9.51. The molecule has 0 fully saturated rings. The Morgan fingerprint density at radius 3 is 1.97 bits per heavy atom. The van der Waals surface area contributed by atoms with Crippen molar-refractivity contribution in [3.05, 3.63) is 106 Å². The van der Waals surface area contributed by atoms with Gasteiger partial charge in [-0.1, -0.05) is 60.2 Å². The number of hydrogen-bond acceptors (Lipinski definition) is 1. The summed E-state index contributed by atoms with van der Waals surface area (Å²) < 4.78 is 9.05. The Balaban J connectivity index is 0.000000244. The van der Waals surface area contributed by atoms with E-state index in [0.29, 0.717) is 5.41 Å². The number of hydrogen-bond donors (Lipinski definition) is 0. The number of ether oxygens (including phenoxy) is 1. The molecule has 0 aromatic heterocycles. The molecule has 3 rings (SSSR count). The average molecular weight is 461 g/mol. The van der Waals surface area contributed by atoms with Crippen LogP contribution in [0.3, 0.4) is 0 Å². The van der Waals surface area contributed by atoms with Crippen LogP contribution >= 0.6 is 0 Å². The summed E-state index contributed by atoms with van der Waals surface area (Å²) in [5.74, 6) is 0.845. The second-order valence-corrected chi connectivity index (χ2v) is 12.5. The Bertz CT molecular complexity index is 1010. The fourth-order valence-corrected chi connectivity index (χ4v) is 4.89. The maximum absolute atomic E-state index is 5.72. The van der Waals surface area contributed by atoms with Gasteiger partial charge in [0.1, 0.15) is 5.75 Å². The van der Waals surface area contributed by atoms with Crippen molar-refractivity contribution in [2.75, 3.05) is 0 Å². The zero-order valence-corrected chi connectivity index (χ0v) is 22.3.